The molecular formula is C13H9BrClNO2. The summed E-state index contributed by atoms with van der Waals surface area (Å²) in [6, 6.07) is 11.0. The molecule has 2 rings (SSSR count). The molecule has 0 aliphatic rings. The fraction of sp³-hybridized carbons (Fsp3) is 0.0769. The van der Waals surface area contributed by atoms with Gasteiger partial charge in [0.15, 0.2) is 0 Å². The van der Waals surface area contributed by atoms with Crippen molar-refractivity contribution in [2.45, 2.75) is 6.61 Å². The van der Waals surface area contributed by atoms with Crippen molar-refractivity contribution in [1.29, 1.82) is 0 Å². The second-order valence-electron chi connectivity index (χ2n) is 3.55. The van der Waals surface area contributed by atoms with Gasteiger partial charge in [-0.05, 0) is 27.6 Å². The summed E-state index contributed by atoms with van der Waals surface area (Å²) in [6.45, 7) is 0.221. The third kappa shape index (κ3) is 3.31. The maximum Gasteiger partial charge on any atom is 0.341 e. The minimum absolute atomic E-state index is 0.221. The van der Waals surface area contributed by atoms with E-state index in [1.165, 1.54) is 12.3 Å². The Hall–Kier alpha value is -1.39. The van der Waals surface area contributed by atoms with Crippen LogP contribution < -0.4 is 0 Å². The van der Waals surface area contributed by atoms with E-state index in [0.29, 0.717) is 15.2 Å². The van der Waals surface area contributed by atoms with E-state index < -0.39 is 5.97 Å². The fourth-order valence-corrected chi connectivity index (χ4v) is 1.90. The molecule has 1 aromatic heterocycles. The van der Waals surface area contributed by atoms with Gasteiger partial charge < -0.3 is 4.74 Å². The molecule has 1 heterocycles. The van der Waals surface area contributed by atoms with Gasteiger partial charge in [0, 0.05) is 6.20 Å². The van der Waals surface area contributed by atoms with E-state index in [9.17, 15) is 4.79 Å². The highest BCUT2D eigenvalue weighted by Gasteiger charge is 2.13. The molecule has 0 saturated heterocycles. The van der Waals surface area contributed by atoms with Crippen LogP contribution in [-0.2, 0) is 11.3 Å². The number of aromatic nitrogens is 1. The van der Waals surface area contributed by atoms with Crippen LogP contribution in [0.5, 0.6) is 0 Å². The number of hydrogen-bond donors (Lipinski definition) is 0. The summed E-state index contributed by atoms with van der Waals surface area (Å²) in [5.41, 5.74) is 1.25. The molecule has 0 amide bonds. The highest BCUT2D eigenvalue weighted by molar-refractivity contribution is 9.10. The van der Waals surface area contributed by atoms with E-state index in [-0.39, 0.29) is 6.61 Å². The minimum atomic E-state index is -0.458. The van der Waals surface area contributed by atoms with Crippen molar-refractivity contribution in [1.82, 2.24) is 4.98 Å². The molecule has 0 saturated carbocycles. The van der Waals surface area contributed by atoms with E-state index in [4.69, 9.17) is 16.3 Å². The lowest BCUT2D eigenvalue weighted by Crippen LogP contribution is -2.06. The van der Waals surface area contributed by atoms with E-state index in [2.05, 4.69) is 20.9 Å². The van der Waals surface area contributed by atoms with Crippen molar-refractivity contribution in [2.75, 3.05) is 0 Å². The van der Waals surface area contributed by atoms with Gasteiger partial charge in [-0.15, -0.1) is 0 Å². The van der Waals surface area contributed by atoms with Crippen LogP contribution in [0.15, 0.2) is 47.2 Å². The summed E-state index contributed by atoms with van der Waals surface area (Å²) in [7, 11) is 0. The maximum absolute atomic E-state index is 11.8. The van der Waals surface area contributed by atoms with Crippen molar-refractivity contribution < 1.29 is 9.53 Å². The Bertz CT molecular complexity index is 560. The number of benzene rings is 1. The lowest BCUT2D eigenvalue weighted by molar-refractivity contribution is 0.0471. The van der Waals surface area contributed by atoms with E-state index in [0.717, 1.165) is 5.56 Å². The molecule has 3 nitrogen and oxygen atoms in total. The molecule has 0 bridgehead atoms. The summed E-state index contributed by atoms with van der Waals surface area (Å²) in [6.07, 6.45) is 1.46. The van der Waals surface area contributed by atoms with Crippen LogP contribution in [0.1, 0.15) is 15.9 Å². The van der Waals surface area contributed by atoms with Gasteiger partial charge in [-0.25, -0.2) is 9.78 Å². The number of nitrogens with zero attached hydrogens (tertiary/aromatic N) is 1. The average Bonchev–Trinajstić information content (AvgIpc) is 2.40. The summed E-state index contributed by atoms with van der Waals surface area (Å²) in [5, 5.41) is 0.393. The molecular weight excluding hydrogens is 318 g/mol. The highest BCUT2D eigenvalue weighted by atomic mass is 79.9. The molecule has 0 fully saturated rings. The largest absolute Gasteiger partial charge is 0.457 e. The van der Waals surface area contributed by atoms with Crippen molar-refractivity contribution >= 4 is 33.5 Å². The number of halogens is 2. The standard InChI is InChI=1S/C13H9BrClNO2/c14-12-11(6-10(15)7-16-12)13(17)18-8-9-4-2-1-3-5-9/h1-7H,8H2. The van der Waals surface area contributed by atoms with Crippen LogP contribution in [-0.4, -0.2) is 11.0 Å². The second-order valence-corrected chi connectivity index (χ2v) is 4.74. The molecule has 92 valence electrons. The molecule has 0 aliphatic carbocycles. The first-order valence-electron chi connectivity index (χ1n) is 5.19. The maximum atomic E-state index is 11.8. The molecule has 0 radical (unpaired) electrons. The third-order valence-electron chi connectivity index (χ3n) is 2.24. The highest BCUT2D eigenvalue weighted by Crippen LogP contribution is 2.19. The molecule has 0 atom stereocenters. The van der Waals surface area contributed by atoms with E-state index in [1.807, 2.05) is 30.3 Å². The Morgan fingerprint density at radius 2 is 2.06 bits per heavy atom. The first-order chi connectivity index (χ1) is 8.66. The van der Waals surface area contributed by atoms with Crippen LogP contribution >= 0.6 is 27.5 Å². The second kappa shape index (κ2) is 5.98. The Balaban J connectivity index is 2.06. The normalized spacial score (nSPS) is 10.1. The summed E-state index contributed by atoms with van der Waals surface area (Å²) in [5.74, 6) is -0.458. The summed E-state index contributed by atoms with van der Waals surface area (Å²) >= 11 is 8.97. The van der Waals surface area contributed by atoms with Crippen molar-refractivity contribution in [3.8, 4) is 0 Å². The SMILES string of the molecule is O=C(OCc1ccccc1)c1cc(Cl)cnc1Br. The van der Waals surface area contributed by atoms with Crippen molar-refractivity contribution in [3.05, 3.63) is 63.3 Å². The summed E-state index contributed by atoms with van der Waals surface area (Å²) < 4.78 is 5.60. The quantitative estimate of drug-likeness (QED) is 0.635. The summed E-state index contributed by atoms with van der Waals surface area (Å²) in [4.78, 5) is 15.8. The van der Waals surface area contributed by atoms with Crippen LogP contribution in [0.2, 0.25) is 5.02 Å². The van der Waals surface area contributed by atoms with Crippen LogP contribution in [0.4, 0.5) is 0 Å². The number of carbonyl (C=O) groups excluding carboxylic acids is 1. The zero-order chi connectivity index (χ0) is 13.0. The van der Waals surface area contributed by atoms with Gasteiger partial charge in [0.25, 0.3) is 0 Å². The number of pyridine rings is 1. The van der Waals surface area contributed by atoms with Crippen LogP contribution in [0.25, 0.3) is 0 Å². The van der Waals surface area contributed by atoms with Gasteiger partial charge in [0.05, 0.1) is 10.6 Å². The lowest BCUT2D eigenvalue weighted by atomic mass is 10.2. The number of rotatable bonds is 3. The zero-order valence-corrected chi connectivity index (χ0v) is 11.6. The molecule has 0 aliphatic heterocycles. The van der Waals surface area contributed by atoms with Crippen LogP contribution in [0, 0.1) is 0 Å². The zero-order valence-electron chi connectivity index (χ0n) is 9.27. The Kier molecular flexibility index (Phi) is 4.33. The third-order valence-corrected chi connectivity index (χ3v) is 3.08. The smallest absolute Gasteiger partial charge is 0.341 e. The lowest BCUT2D eigenvalue weighted by Gasteiger charge is -2.06. The molecule has 1 aromatic carbocycles. The molecule has 0 unspecified atom stereocenters. The van der Waals surface area contributed by atoms with E-state index in [1.54, 1.807) is 0 Å². The number of carbonyl (C=O) groups is 1. The predicted octanol–water partition coefficient (Wildman–Crippen LogP) is 3.85. The topological polar surface area (TPSA) is 39.2 Å². The van der Waals surface area contributed by atoms with Crippen molar-refractivity contribution in [2.24, 2.45) is 0 Å². The Morgan fingerprint density at radius 1 is 1.33 bits per heavy atom. The number of esters is 1. The first-order valence-corrected chi connectivity index (χ1v) is 6.36. The average molecular weight is 327 g/mol. The molecule has 2 aromatic rings. The van der Waals surface area contributed by atoms with Gasteiger partial charge in [0.2, 0.25) is 0 Å². The van der Waals surface area contributed by atoms with Gasteiger partial charge in [0.1, 0.15) is 11.2 Å². The Morgan fingerprint density at radius 3 is 2.78 bits per heavy atom. The van der Waals surface area contributed by atoms with Gasteiger partial charge >= 0.3 is 5.97 Å². The number of hydrogen-bond acceptors (Lipinski definition) is 3. The minimum Gasteiger partial charge on any atom is -0.457 e. The first kappa shape index (κ1) is 13.1. The number of ether oxygens (including phenoxy) is 1. The van der Waals surface area contributed by atoms with E-state index >= 15 is 0 Å². The molecule has 0 spiro atoms. The fourth-order valence-electron chi connectivity index (χ4n) is 1.37. The Labute approximate surface area is 118 Å². The molecule has 0 N–H and O–H groups in total. The predicted molar refractivity (Wildman–Crippen MR) is 72.5 cm³/mol. The van der Waals surface area contributed by atoms with Gasteiger partial charge in [-0.2, -0.15) is 0 Å². The van der Waals surface area contributed by atoms with Gasteiger partial charge in [-0.3, -0.25) is 0 Å². The van der Waals surface area contributed by atoms with Gasteiger partial charge in [-0.1, -0.05) is 41.9 Å². The molecule has 18 heavy (non-hydrogen) atoms. The molecule has 5 heteroatoms. The van der Waals surface area contributed by atoms with Crippen LogP contribution in [0.3, 0.4) is 0 Å². The monoisotopic (exact) mass is 325 g/mol. The van der Waals surface area contributed by atoms with Crippen molar-refractivity contribution in [3.63, 3.8) is 0 Å².